The van der Waals surface area contributed by atoms with Gasteiger partial charge in [-0.2, -0.15) is 11.8 Å². The lowest BCUT2D eigenvalue weighted by Gasteiger charge is -2.27. The van der Waals surface area contributed by atoms with E-state index in [4.69, 9.17) is 11.5 Å². The van der Waals surface area contributed by atoms with E-state index in [0.717, 1.165) is 0 Å². The Balaban J connectivity index is 5.38. The SMILES string of the molecule is CSCCC(NC(=O)C(NC(=O)C(CCCCN)NC(=O)C(N)C(C)C)C(C)C)C(=O)O. The number of nitrogens with two attached hydrogens (primary N) is 2. The van der Waals surface area contributed by atoms with Gasteiger partial charge in [-0.3, -0.25) is 14.4 Å². The van der Waals surface area contributed by atoms with Crippen LogP contribution in [-0.4, -0.2) is 71.5 Å². The molecule has 0 aliphatic carbocycles. The van der Waals surface area contributed by atoms with Gasteiger partial charge in [-0.05, 0) is 56.1 Å². The van der Waals surface area contributed by atoms with Crippen LogP contribution in [0.15, 0.2) is 0 Å². The third-order valence-electron chi connectivity index (χ3n) is 5.07. The highest BCUT2D eigenvalue weighted by molar-refractivity contribution is 7.98. The van der Waals surface area contributed by atoms with E-state index < -0.39 is 47.9 Å². The van der Waals surface area contributed by atoms with Crippen LogP contribution < -0.4 is 27.4 Å². The van der Waals surface area contributed by atoms with Crippen molar-refractivity contribution in [3.63, 3.8) is 0 Å². The van der Waals surface area contributed by atoms with Crippen LogP contribution in [-0.2, 0) is 19.2 Å². The van der Waals surface area contributed by atoms with Crippen LogP contribution in [0.4, 0.5) is 0 Å². The van der Waals surface area contributed by atoms with Crippen LogP contribution in [0.3, 0.4) is 0 Å². The molecule has 11 heteroatoms. The maximum Gasteiger partial charge on any atom is 0.326 e. The molecule has 0 rings (SSSR count). The number of carboxylic acids is 1. The largest absolute Gasteiger partial charge is 0.480 e. The molecule has 4 unspecified atom stereocenters. The van der Waals surface area contributed by atoms with Gasteiger partial charge in [0.1, 0.15) is 18.1 Å². The number of rotatable bonds is 16. The molecule has 186 valence electrons. The molecule has 0 radical (unpaired) electrons. The van der Waals surface area contributed by atoms with Crippen LogP contribution in [0, 0.1) is 11.8 Å². The first-order valence-electron chi connectivity index (χ1n) is 11.0. The van der Waals surface area contributed by atoms with E-state index in [-0.39, 0.29) is 18.3 Å². The molecule has 3 amide bonds. The number of carbonyl (C=O) groups excluding carboxylic acids is 3. The Labute approximate surface area is 195 Å². The zero-order valence-electron chi connectivity index (χ0n) is 19.8. The second-order valence-electron chi connectivity index (χ2n) is 8.53. The third kappa shape index (κ3) is 11.1. The molecule has 0 aliphatic rings. The number of aliphatic carboxylic acids is 1. The molecular formula is C21H41N5O5S. The van der Waals surface area contributed by atoms with Gasteiger partial charge in [0, 0.05) is 0 Å². The molecule has 0 aliphatic heterocycles. The average Bonchev–Trinajstić information content (AvgIpc) is 2.72. The Kier molecular flexibility index (Phi) is 15.0. The summed E-state index contributed by atoms with van der Waals surface area (Å²) in [6, 6.07) is -3.64. The van der Waals surface area contributed by atoms with E-state index in [9.17, 15) is 24.3 Å². The molecule has 0 aromatic heterocycles. The van der Waals surface area contributed by atoms with Gasteiger partial charge in [0.15, 0.2) is 0 Å². The second-order valence-corrected chi connectivity index (χ2v) is 9.51. The molecule has 0 heterocycles. The molecule has 4 atom stereocenters. The van der Waals surface area contributed by atoms with Crippen LogP contribution in [0.2, 0.25) is 0 Å². The predicted octanol–water partition coefficient (Wildman–Crippen LogP) is 0.0468. The maximum absolute atomic E-state index is 13.0. The summed E-state index contributed by atoms with van der Waals surface area (Å²) in [5.74, 6) is -2.50. The van der Waals surface area contributed by atoms with Crippen molar-refractivity contribution in [3.8, 4) is 0 Å². The number of nitrogens with one attached hydrogen (secondary N) is 3. The highest BCUT2D eigenvalue weighted by atomic mass is 32.2. The van der Waals surface area contributed by atoms with Gasteiger partial charge >= 0.3 is 5.97 Å². The number of hydrogen-bond donors (Lipinski definition) is 6. The van der Waals surface area contributed by atoms with Gasteiger partial charge in [0.25, 0.3) is 0 Å². The molecule has 0 aromatic carbocycles. The fourth-order valence-electron chi connectivity index (χ4n) is 2.88. The van der Waals surface area contributed by atoms with E-state index in [1.54, 1.807) is 13.8 Å². The lowest BCUT2D eigenvalue weighted by molar-refractivity contribution is -0.142. The van der Waals surface area contributed by atoms with Crippen molar-refractivity contribution < 1.29 is 24.3 Å². The lowest BCUT2D eigenvalue weighted by atomic mass is 10.0. The number of hydrogen-bond acceptors (Lipinski definition) is 7. The summed E-state index contributed by atoms with van der Waals surface area (Å²) in [5, 5.41) is 17.3. The summed E-state index contributed by atoms with van der Waals surface area (Å²) in [6.07, 6.45) is 3.76. The number of unbranched alkanes of at least 4 members (excludes halogenated alkanes) is 1. The van der Waals surface area contributed by atoms with E-state index in [1.165, 1.54) is 11.8 Å². The standard InChI is InChI=1S/C21H41N5O5S/c1-12(2)16(23)19(28)24-14(8-6-7-10-22)18(27)26-17(13(3)4)20(29)25-15(21(30)31)9-11-32-5/h12-17H,6-11,22-23H2,1-5H3,(H,24,28)(H,25,29)(H,26,27)(H,30,31). The molecule has 0 spiro atoms. The van der Waals surface area contributed by atoms with Gasteiger partial charge in [-0.25, -0.2) is 4.79 Å². The summed E-state index contributed by atoms with van der Waals surface area (Å²) >= 11 is 1.48. The fourth-order valence-corrected chi connectivity index (χ4v) is 3.35. The minimum Gasteiger partial charge on any atom is -0.480 e. The van der Waals surface area contributed by atoms with Crippen molar-refractivity contribution in [3.05, 3.63) is 0 Å². The summed E-state index contributed by atoms with van der Waals surface area (Å²) in [5.41, 5.74) is 11.4. The Morgan fingerprint density at radius 2 is 1.44 bits per heavy atom. The highest BCUT2D eigenvalue weighted by Gasteiger charge is 2.31. The van der Waals surface area contributed by atoms with Crippen molar-refractivity contribution in [1.82, 2.24) is 16.0 Å². The van der Waals surface area contributed by atoms with Crippen LogP contribution >= 0.6 is 11.8 Å². The number of carbonyl (C=O) groups is 4. The molecule has 0 saturated heterocycles. The summed E-state index contributed by atoms with van der Waals surface area (Å²) < 4.78 is 0. The van der Waals surface area contributed by atoms with E-state index >= 15 is 0 Å². The normalized spacial score (nSPS) is 15.0. The van der Waals surface area contributed by atoms with Crippen molar-refractivity contribution >= 4 is 35.5 Å². The number of thioether (sulfide) groups is 1. The second kappa shape index (κ2) is 15.9. The van der Waals surface area contributed by atoms with E-state index in [1.807, 2.05) is 20.1 Å². The Bertz CT molecular complexity index is 617. The fraction of sp³-hybridized carbons (Fsp3) is 0.810. The summed E-state index contributed by atoms with van der Waals surface area (Å²) in [7, 11) is 0. The number of carboxylic acid groups (broad SMARTS) is 1. The summed E-state index contributed by atoms with van der Waals surface area (Å²) in [4.78, 5) is 49.6. The third-order valence-corrected chi connectivity index (χ3v) is 5.72. The van der Waals surface area contributed by atoms with Gasteiger partial charge in [0.2, 0.25) is 17.7 Å². The van der Waals surface area contributed by atoms with Gasteiger partial charge in [-0.1, -0.05) is 27.7 Å². The zero-order valence-corrected chi connectivity index (χ0v) is 20.7. The lowest BCUT2D eigenvalue weighted by Crippen LogP contribution is -2.58. The molecule has 0 fully saturated rings. The first-order chi connectivity index (χ1) is 15.0. The Morgan fingerprint density at radius 3 is 1.91 bits per heavy atom. The van der Waals surface area contributed by atoms with E-state index in [0.29, 0.717) is 31.6 Å². The summed E-state index contributed by atoms with van der Waals surface area (Å²) in [6.45, 7) is 7.57. The monoisotopic (exact) mass is 475 g/mol. The van der Waals surface area contributed by atoms with Crippen LogP contribution in [0.25, 0.3) is 0 Å². The average molecular weight is 476 g/mol. The Hall–Kier alpha value is -1.85. The van der Waals surface area contributed by atoms with Crippen molar-refractivity contribution in [2.24, 2.45) is 23.3 Å². The van der Waals surface area contributed by atoms with Crippen LogP contribution in [0.1, 0.15) is 53.4 Å². The van der Waals surface area contributed by atoms with Gasteiger partial charge in [0.05, 0.1) is 6.04 Å². The quantitative estimate of drug-likeness (QED) is 0.170. The highest BCUT2D eigenvalue weighted by Crippen LogP contribution is 2.09. The first kappa shape index (κ1) is 30.1. The van der Waals surface area contributed by atoms with Crippen molar-refractivity contribution in [1.29, 1.82) is 0 Å². The molecule has 10 nitrogen and oxygen atoms in total. The molecule has 0 bridgehead atoms. The molecule has 8 N–H and O–H groups in total. The topological polar surface area (TPSA) is 177 Å². The minimum absolute atomic E-state index is 0.105. The number of amides is 3. The predicted molar refractivity (Wildman–Crippen MR) is 127 cm³/mol. The van der Waals surface area contributed by atoms with Gasteiger partial charge < -0.3 is 32.5 Å². The first-order valence-corrected chi connectivity index (χ1v) is 12.4. The Morgan fingerprint density at radius 1 is 0.844 bits per heavy atom. The molecule has 0 aromatic rings. The van der Waals surface area contributed by atoms with Crippen LogP contribution in [0.5, 0.6) is 0 Å². The smallest absolute Gasteiger partial charge is 0.326 e. The van der Waals surface area contributed by atoms with E-state index in [2.05, 4.69) is 16.0 Å². The minimum atomic E-state index is -1.13. The van der Waals surface area contributed by atoms with Gasteiger partial charge in [-0.15, -0.1) is 0 Å². The molecular weight excluding hydrogens is 434 g/mol. The molecule has 0 saturated carbocycles. The maximum atomic E-state index is 13.0. The van der Waals surface area contributed by atoms with Crippen molar-refractivity contribution in [2.45, 2.75) is 77.5 Å². The zero-order chi connectivity index (χ0) is 24.8. The van der Waals surface area contributed by atoms with Crippen molar-refractivity contribution in [2.75, 3.05) is 18.6 Å². The molecule has 32 heavy (non-hydrogen) atoms.